The van der Waals surface area contributed by atoms with Crippen molar-refractivity contribution < 1.29 is 22.7 Å². The zero-order valence-electron chi connectivity index (χ0n) is 18.9. The van der Waals surface area contributed by atoms with Gasteiger partial charge in [0.05, 0.1) is 5.02 Å². The van der Waals surface area contributed by atoms with Gasteiger partial charge >= 0.3 is 6.09 Å². The number of hydrogen-bond donors (Lipinski definition) is 2. The number of aryl methyl sites for hydroxylation is 1. The summed E-state index contributed by atoms with van der Waals surface area (Å²) < 4.78 is 34.0. The van der Waals surface area contributed by atoms with Crippen molar-refractivity contribution in [2.75, 3.05) is 18.4 Å². The lowest BCUT2D eigenvalue weighted by Crippen LogP contribution is -2.46. The fraction of sp³-hybridized carbons (Fsp3) is 0.619. The highest BCUT2D eigenvalue weighted by atomic mass is 35.5. The van der Waals surface area contributed by atoms with Crippen LogP contribution in [0.15, 0.2) is 17.0 Å². The Kier molecular flexibility index (Phi) is 7.99. The molecule has 1 aromatic carbocycles. The van der Waals surface area contributed by atoms with Gasteiger partial charge in [0.15, 0.2) is 0 Å². The van der Waals surface area contributed by atoms with Crippen molar-refractivity contribution in [3.05, 3.63) is 22.7 Å². The lowest BCUT2D eigenvalue weighted by atomic mass is 9.91. The Hall–Kier alpha value is -1.84. The Morgan fingerprint density at radius 1 is 1.23 bits per heavy atom. The highest BCUT2D eigenvalue weighted by Gasteiger charge is 2.31. The Bertz CT molecular complexity index is 935. The number of likely N-dealkylation sites (tertiary alicyclic amines) is 1. The molecule has 1 saturated heterocycles. The van der Waals surface area contributed by atoms with Crippen LogP contribution in [0, 0.1) is 12.8 Å². The first-order valence-corrected chi connectivity index (χ1v) is 12.1. The van der Waals surface area contributed by atoms with Crippen LogP contribution in [0.5, 0.6) is 0 Å². The van der Waals surface area contributed by atoms with Crippen LogP contribution in [0.2, 0.25) is 5.02 Å². The zero-order valence-corrected chi connectivity index (χ0v) is 20.5. The van der Waals surface area contributed by atoms with Crippen LogP contribution in [0.1, 0.15) is 53.0 Å². The molecule has 2 amide bonds. The van der Waals surface area contributed by atoms with Crippen LogP contribution in [-0.2, 0) is 19.6 Å². The Balaban J connectivity index is 2.04. The lowest BCUT2D eigenvalue weighted by molar-refractivity contribution is -0.114. The summed E-state index contributed by atoms with van der Waals surface area (Å²) in [5, 5.41) is 2.67. The number of rotatable bonds is 5. The third-order valence-electron chi connectivity index (χ3n) is 5.12. The van der Waals surface area contributed by atoms with Crippen LogP contribution >= 0.6 is 11.6 Å². The average Bonchev–Trinajstić information content (AvgIpc) is 2.62. The third-order valence-corrected chi connectivity index (χ3v) is 7.14. The second kappa shape index (κ2) is 9.75. The van der Waals surface area contributed by atoms with Crippen LogP contribution < -0.4 is 10.0 Å². The molecule has 2 N–H and O–H groups in total. The molecular weight excluding hydrogens is 442 g/mol. The third kappa shape index (κ3) is 7.08. The first-order valence-electron chi connectivity index (χ1n) is 10.3. The molecule has 0 saturated carbocycles. The van der Waals surface area contributed by atoms with Crippen molar-refractivity contribution >= 4 is 39.3 Å². The summed E-state index contributed by atoms with van der Waals surface area (Å²) in [5.41, 5.74) is 0.515. The van der Waals surface area contributed by atoms with E-state index in [2.05, 4.69) is 10.0 Å². The van der Waals surface area contributed by atoms with Gasteiger partial charge in [-0.2, -0.15) is 0 Å². The number of amides is 2. The van der Waals surface area contributed by atoms with E-state index in [1.54, 1.807) is 11.8 Å². The molecule has 0 spiro atoms. The van der Waals surface area contributed by atoms with E-state index < -0.39 is 15.6 Å². The molecule has 31 heavy (non-hydrogen) atoms. The fourth-order valence-electron chi connectivity index (χ4n) is 3.50. The molecule has 1 heterocycles. The smallest absolute Gasteiger partial charge is 0.410 e. The molecule has 174 valence electrons. The summed E-state index contributed by atoms with van der Waals surface area (Å²) in [6.07, 6.45) is 0.981. The number of anilines is 1. The summed E-state index contributed by atoms with van der Waals surface area (Å²) in [6, 6.07) is 2.56. The zero-order chi connectivity index (χ0) is 23.6. The molecule has 10 heteroatoms. The first kappa shape index (κ1) is 25.4. The summed E-state index contributed by atoms with van der Waals surface area (Å²) in [5.74, 6) is -0.189. The number of hydrogen-bond acceptors (Lipinski definition) is 5. The van der Waals surface area contributed by atoms with Gasteiger partial charge in [-0.3, -0.25) is 4.79 Å². The van der Waals surface area contributed by atoms with E-state index in [0.717, 1.165) is 0 Å². The lowest BCUT2D eigenvalue weighted by Gasteiger charge is -2.35. The van der Waals surface area contributed by atoms with Gasteiger partial charge in [0.1, 0.15) is 10.5 Å². The minimum atomic E-state index is -3.86. The number of nitrogens with zero attached hydrogens (tertiary/aromatic N) is 1. The van der Waals surface area contributed by atoms with E-state index in [0.29, 0.717) is 37.2 Å². The standard InChI is InChI=1S/C21H32ClN3O5S/c1-13-11-19(17(22)12-18(13)23-15(3)26)31(28,29)24-14(2)16-7-9-25(10-8-16)20(27)30-21(4,5)6/h11-12,14,16,24H,7-10H2,1-6H3,(H,23,26)/t14-/m1/s1. The van der Waals surface area contributed by atoms with E-state index in [1.165, 1.54) is 19.1 Å². The van der Waals surface area contributed by atoms with E-state index in [4.69, 9.17) is 16.3 Å². The van der Waals surface area contributed by atoms with Crippen molar-refractivity contribution in [2.45, 2.75) is 70.9 Å². The number of halogens is 1. The van der Waals surface area contributed by atoms with Crippen LogP contribution in [0.25, 0.3) is 0 Å². The Labute approximate surface area is 189 Å². The largest absolute Gasteiger partial charge is 0.444 e. The van der Waals surface area contributed by atoms with E-state index in [-0.39, 0.29) is 33.9 Å². The highest BCUT2D eigenvalue weighted by molar-refractivity contribution is 7.89. The SMILES string of the molecule is CC(=O)Nc1cc(Cl)c(S(=O)(=O)N[C@H](C)C2CCN(C(=O)OC(C)(C)C)CC2)cc1C. The van der Waals surface area contributed by atoms with Gasteiger partial charge in [0.25, 0.3) is 0 Å². The van der Waals surface area contributed by atoms with Crippen molar-refractivity contribution in [3.63, 3.8) is 0 Å². The summed E-state index contributed by atoms with van der Waals surface area (Å²) >= 11 is 6.22. The maximum Gasteiger partial charge on any atom is 0.410 e. The predicted octanol–water partition coefficient (Wildman–Crippen LogP) is 3.92. The van der Waals surface area contributed by atoms with Crippen molar-refractivity contribution in [2.24, 2.45) is 5.92 Å². The monoisotopic (exact) mass is 473 g/mol. The molecule has 0 unspecified atom stereocenters. The molecule has 1 atom stereocenters. The quantitative estimate of drug-likeness (QED) is 0.674. The van der Waals surface area contributed by atoms with Gasteiger partial charge < -0.3 is 15.0 Å². The molecule has 0 aromatic heterocycles. The fourth-order valence-corrected chi connectivity index (χ4v) is 5.42. The molecular formula is C21H32ClN3O5S. The van der Waals surface area contributed by atoms with E-state index >= 15 is 0 Å². The van der Waals surface area contributed by atoms with Crippen LogP contribution in [0.3, 0.4) is 0 Å². The van der Waals surface area contributed by atoms with Gasteiger partial charge in [0.2, 0.25) is 15.9 Å². The Morgan fingerprint density at radius 3 is 2.32 bits per heavy atom. The molecule has 1 aliphatic heterocycles. The highest BCUT2D eigenvalue weighted by Crippen LogP contribution is 2.30. The van der Waals surface area contributed by atoms with Gasteiger partial charge in [0, 0.05) is 31.7 Å². The van der Waals surface area contributed by atoms with E-state index in [1.807, 2.05) is 27.7 Å². The topological polar surface area (TPSA) is 105 Å². The number of sulfonamides is 1. The number of carbonyl (C=O) groups excluding carboxylic acids is 2. The molecule has 0 radical (unpaired) electrons. The molecule has 1 aromatic rings. The number of carbonyl (C=O) groups is 2. The van der Waals surface area contributed by atoms with Gasteiger partial charge in [-0.15, -0.1) is 0 Å². The second-order valence-corrected chi connectivity index (χ2v) is 11.1. The minimum absolute atomic E-state index is 0.0289. The second-order valence-electron chi connectivity index (χ2n) is 8.99. The molecule has 1 fully saturated rings. The normalized spacial score (nSPS) is 16.7. The van der Waals surface area contributed by atoms with Crippen LogP contribution in [0.4, 0.5) is 10.5 Å². The maximum atomic E-state index is 13.0. The van der Waals surface area contributed by atoms with Gasteiger partial charge in [-0.1, -0.05) is 11.6 Å². The minimum Gasteiger partial charge on any atom is -0.444 e. The van der Waals surface area contributed by atoms with Crippen molar-refractivity contribution in [1.29, 1.82) is 0 Å². The average molecular weight is 474 g/mol. The predicted molar refractivity (Wildman–Crippen MR) is 121 cm³/mol. The number of piperidine rings is 1. The summed E-state index contributed by atoms with van der Waals surface area (Å²) in [7, 11) is -3.86. The number of benzene rings is 1. The maximum absolute atomic E-state index is 13.0. The molecule has 0 aliphatic carbocycles. The molecule has 8 nitrogen and oxygen atoms in total. The van der Waals surface area contributed by atoms with E-state index in [9.17, 15) is 18.0 Å². The number of ether oxygens (including phenoxy) is 1. The molecule has 0 bridgehead atoms. The van der Waals surface area contributed by atoms with Crippen molar-refractivity contribution in [3.8, 4) is 0 Å². The number of nitrogens with one attached hydrogen (secondary N) is 2. The van der Waals surface area contributed by atoms with Crippen LogP contribution in [-0.4, -0.2) is 50.1 Å². The van der Waals surface area contributed by atoms with Gasteiger partial charge in [-0.25, -0.2) is 17.9 Å². The Morgan fingerprint density at radius 2 is 1.81 bits per heavy atom. The molecule has 1 aliphatic rings. The summed E-state index contributed by atoms with van der Waals surface area (Å²) in [4.78, 5) is 25.1. The first-order chi connectivity index (χ1) is 14.2. The molecule has 2 rings (SSSR count). The van der Waals surface area contributed by atoms with Gasteiger partial charge in [-0.05, 0) is 71.1 Å². The van der Waals surface area contributed by atoms with Crippen molar-refractivity contribution in [1.82, 2.24) is 9.62 Å². The summed E-state index contributed by atoms with van der Waals surface area (Å²) in [6.45, 7) is 11.4.